The van der Waals surface area contributed by atoms with E-state index in [4.69, 9.17) is 0 Å². The van der Waals surface area contributed by atoms with Crippen LogP contribution in [0.1, 0.15) is 31.7 Å². The lowest BCUT2D eigenvalue weighted by atomic mass is 10.1. The highest BCUT2D eigenvalue weighted by atomic mass is 79.9. The minimum atomic E-state index is 0.579. The van der Waals surface area contributed by atoms with E-state index in [0.717, 1.165) is 10.4 Å². The van der Waals surface area contributed by atoms with Gasteiger partial charge in [-0.2, -0.15) is 0 Å². The molecule has 82 valence electrons. The lowest BCUT2D eigenvalue weighted by molar-refractivity contribution is 0.642. The first-order valence-corrected chi connectivity index (χ1v) is 6.47. The van der Waals surface area contributed by atoms with Crippen LogP contribution in [-0.4, -0.2) is 6.04 Å². The van der Waals surface area contributed by atoms with Gasteiger partial charge in [0.15, 0.2) is 0 Å². The van der Waals surface area contributed by atoms with Gasteiger partial charge in [-0.05, 0) is 59.8 Å². The summed E-state index contributed by atoms with van der Waals surface area (Å²) < 4.78 is 1.16. The van der Waals surface area contributed by atoms with E-state index >= 15 is 0 Å². The molecule has 0 amide bonds. The van der Waals surface area contributed by atoms with Crippen LogP contribution in [0.5, 0.6) is 0 Å². The number of hydrogen-bond acceptors (Lipinski definition) is 1. The fourth-order valence-electron chi connectivity index (χ4n) is 1.93. The fraction of sp³-hybridized carbons (Fsp3) is 0.538. The molecule has 0 bridgehead atoms. The molecule has 1 aromatic carbocycles. The van der Waals surface area contributed by atoms with Crippen molar-refractivity contribution in [1.29, 1.82) is 0 Å². The number of hydrogen-bond donors (Lipinski definition) is 1. The molecule has 0 heterocycles. The topological polar surface area (TPSA) is 12.0 Å². The fourth-order valence-corrected chi connectivity index (χ4v) is 2.29. The molecular formula is C13H18BrN. The first-order valence-electron chi connectivity index (χ1n) is 5.68. The normalized spacial score (nSPS) is 17.5. The molecule has 2 heteroatoms. The van der Waals surface area contributed by atoms with Crippen LogP contribution in [0.4, 0.5) is 5.69 Å². The lowest BCUT2D eigenvalue weighted by Crippen LogP contribution is -2.16. The number of halogens is 1. The molecular weight excluding hydrogens is 250 g/mol. The summed E-state index contributed by atoms with van der Waals surface area (Å²) in [4.78, 5) is 0. The molecule has 1 N–H and O–H groups in total. The summed E-state index contributed by atoms with van der Waals surface area (Å²) in [6.45, 7) is 4.40. The number of nitrogens with one attached hydrogen (secondary N) is 1. The van der Waals surface area contributed by atoms with Crippen molar-refractivity contribution in [2.24, 2.45) is 5.92 Å². The second kappa shape index (κ2) is 4.56. The van der Waals surface area contributed by atoms with Crippen LogP contribution in [0.15, 0.2) is 22.7 Å². The summed E-state index contributed by atoms with van der Waals surface area (Å²) in [6, 6.07) is 7.02. The highest BCUT2D eigenvalue weighted by Crippen LogP contribution is 2.34. The monoisotopic (exact) mass is 267 g/mol. The first kappa shape index (κ1) is 11.0. The summed E-state index contributed by atoms with van der Waals surface area (Å²) in [6.07, 6.45) is 4.17. The zero-order valence-electron chi connectivity index (χ0n) is 9.39. The maximum absolute atomic E-state index is 3.58. The van der Waals surface area contributed by atoms with Crippen molar-refractivity contribution in [2.45, 2.75) is 39.2 Å². The zero-order chi connectivity index (χ0) is 10.8. The largest absolute Gasteiger partial charge is 0.382 e. The van der Waals surface area contributed by atoms with Crippen molar-refractivity contribution in [3.63, 3.8) is 0 Å². The SMILES string of the molecule is Cc1ccc(Br)c(NC(C)CC2CC2)c1. The molecule has 2 rings (SSSR count). The van der Waals surface area contributed by atoms with Crippen LogP contribution in [0.3, 0.4) is 0 Å². The van der Waals surface area contributed by atoms with Gasteiger partial charge < -0.3 is 5.32 Å². The van der Waals surface area contributed by atoms with Crippen LogP contribution in [-0.2, 0) is 0 Å². The van der Waals surface area contributed by atoms with E-state index in [9.17, 15) is 0 Å². The molecule has 0 radical (unpaired) electrons. The molecule has 0 aliphatic heterocycles. The van der Waals surface area contributed by atoms with E-state index in [1.807, 2.05) is 0 Å². The highest BCUT2D eigenvalue weighted by molar-refractivity contribution is 9.10. The van der Waals surface area contributed by atoms with E-state index in [2.05, 4.69) is 53.3 Å². The Labute approximate surface area is 100 Å². The average Bonchev–Trinajstić information content (AvgIpc) is 2.95. The second-order valence-electron chi connectivity index (χ2n) is 4.71. The molecule has 0 aromatic heterocycles. The Morgan fingerprint density at radius 2 is 2.20 bits per heavy atom. The van der Waals surface area contributed by atoms with Gasteiger partial charge >= 0.3 is 0 Å². The second-order valence-corrected chi connectivity index (χ2v) is 5.56. The van der Waals surface area contributed by atoms with Crippen molar-refractivity contribution in [2.75, 3.05) is 5.32 Å². The minimum absolute atomic E-state index is 0.579. The minimum Gasteiger partial charge on any atom is -0.382 e. The van der Waals surface area contributed by atoms with E-state index in [1.165, 1.54) is 30.5 Å². The van der Waals surface area contributed by atoms with Gasteiger partial charge in [0.25, 0.3) is 0 Å². The molecule has 15 heavy (non-hydrogen) atoms. The number of aryl methyl sites for hydroxylation is 1. The molecule has 0 spiro atoms. The molecule has 1 aliphatic rings. The predicted octanol–water partition coefficient (Wildman–Crippen LogP) is 4.36. The summed E-state index contributed by atoms with van der Waals surface area (Å²) in [5.74, 6) is 0.982. The Kier molecular flexibility index (Phi) is 3.35. The van der Waals surface area contributed by atoms with Crippen molar-refractivity contribution < 1.29 is 0 Å². The van der Waals surface area contributed by atoms with Crippen molar-refractivity contribution >= 4 is 21.6 Å². The van der Waals surface area contributed by atoms with Gasteiger partial charge in [0.05, 0.1) is 0 Å². The maximum atomic E-state index is 3.58. The average molecular weight is 268 g/mol. The third-order valence-electron chi connectivity index (χ3n) is 2.91. The van der Waals surface area contributed by atoms with Crippen molar-refractivity contribution in [1.82, 2.24) is 0 Å². The van der Waals surface area contributed by atoms with E-state index in [-0.39, 0.29) is 0 Å². The molecule has 0 saturated heterocycles. The molecule has 1 fully saturated rings. The quantitative estimate of drug-likeness (QED) is 0.855. The van der Waals surface area contributed by atoms with Gasteiger partial charge in [0, 0.05) is 16.2 Å². The van der Waals surface area contributed by atoms with E-state index in [0.29, 0.717) is 6.04 Å². The van der Waals surface area contributed by atoms with Crippen molar-refractivity contribution in [3.05, 3.63) is 28.2 Å². The Balaban J connectivity index is 1.98. The molecule has 1 saturated carbocycles. The van der Waals surface area contributed by atoms with Crippen molar-refractivity contribution in [3.8, 4) is 0 Å². The van der Waals surface area contributed by atoms with Crippen LogP contribution >= 0.6 is 15.9 Å². The Morgan fingerprint density at radius 3 is 2.87 bits per heavy atom. The van der Waals surface area contributed by atoms with Crippen LogP contribution in [0.25, 0.3) is 0 Å². The van der Waals surface area contributed by atoms with Crippen LogP contribution < -0.4 is 5.32 Å². The Bertz CT molecular complexity index is 344. The van der Waals surface area contributed by atoms with Gasteiger partial charge in [-0.25, -0.2) is 0 Å². The number of anilines is 1. The van der Waals surface area contributed by atoms with E-state index in [1.54, 1.807) is 0 Å². The maximum Gasteiger partial charge on any atom is 0.0489 e. The zero-order valence-corrected chi connectivity index (χ0v) is 11.0. The Hall–Kier alpha value is -0.500. The summed E-state index contributed by atoms with van der Waals surface area (Å²) in [5.41, 5.74) is 2.53. The smallest absolute Gasteiger partial charge is 0.0489 e. The molecule has 1 unspecified atom stereocenters. The standard InChI is InChI=1S/C13H18BrN/c1-9-3-6-12(14)13(7-9)15-10(2)8-11-4-5-11/h3,6-7,10-11,15H,4-5,8H2,1-2H3. The molecule has 1 aromatic rings. The van der Waals surface area contributed by atoms with Gasteiger partial charge in [-0.15, -0.1) is 0 Å². The summed E-state index contributed by atoms with van der Waals surface area (Å²) in [7, 11) is 0. The van der Waals surface area contributed by atoms with Gasteiger partial charge in [0.1, 0.15) is 0 Å². The number of rotatable bonds is 4. The van der Waals surface area contributed by atoms with Gasteiger partial charge in [0.2, 0.25) is 0 Å². The van der Waals surface area contributed by atoms with Crippen LogP contribution in [0.2, 0.25) is 0 Å². The third-order valence-corrected chi connectivity index (χ3v) is 3.60. The van der Waals surface area contributed by atoms with Gasteiger partial charge in [-0.3, -0.25) is 0 Å². The van der Waals surface area contributed by atoms with Gasteiger partial charge in [-0.1, -0.05) is 18.9 Å². The predicted molar refractivity (Wildman–Crippen MR) is 69.3 cm³/mol. The summed E-state index contributed by atoms with van der Waals surface area (Å²) in [5, 5.41) is 3.58. The number of benzene rings is 1. The summed E-state index contributed by atoms with van der Waals surface area (Å²) >= 11 is 3.58. The lowest BCUT2D eigenvalue weighted by Gasteiger charge is -2.16. The first-order chi connectivity index (χ1) is 7.15. The third kappa shape index (κ3) is 3.23. The highest BCUT2D eigenvalue weighted by Gasteiger charge is 2.23. The van der Waals surface area contributed by atoms with Crippen LogP contribution in [0, 0.1) is 12.8 Å². The molecule has 1 aliphatic carbocycles. The molecule has 1 nitrogen and oxygen atoms in total. The van der Waals surface area contributed by atoms with E-state index < -0.39 is 0 Å². The molecule has 1 atom stereocenters. The Morgan fingerprint density at radius 1 is 1.47 bits per heavy atom.